The van der Waals surface area contributed by atoms with Crippen molar-refractivity contribution in [3.8, 4) is 23.0 Å². The maximum atomic E-state index is 11.9. The number of rotatable bonds is 2. The van der Waals surface area contributed by atoms with Gasteiger partial charge in [0.05, 0.1) is 0 Å². The van der Waals surface area contributed by atoms with Crippen LogP contribution in [-0.4, -0.2) is 48.1 Å². The summed E-state index contributed by atoms with van der Waals surface area (Å²) in [6.07, 6.45) is 4.72. The van der Waals surface area contributed by atoms with Crippen molar-refractivity contribution in [2.45, 2.75) is 0 Å². The van der Waals surface area contributed by atoms with Gasteiger partial charge >= 0.3 is 0 Å². The van der Waals surface area contributed by atoms with Gasteiger partial charge in [-0.15, -0.1) is 0 Å². The summed E-state index contributed by atoms with van der Waals surface area (Å²) in [7, 11) is 0. The summed E-state index contributed by atoms with van der Waals surface area (Å²) in [5, 5.41) is 0. The second kappa shape index (κ2) is 5.61. The van der Waals surface area contributed by atoms with Gasteiger partial charge in [-0.25, -0.2) is 15.0 Å². The van der Waals surface area contributed by atoms with Crippen molar-refractivity contribution in [2.24, 2.45) is 0 Å². The Morgan fingerprint density at radius 2 is 1.00 bits per heavy atom. The van der Waals surface area contributed by atoms with Crippen LogP contribution in [0.2, 0.25) is 0 Å². The number of imidazole rings is 2. The molecule has 0 saturated carbocycles. The molecule has 2 aliphatic rings. The minimum atomic E-state index is -0.364. The van der Waals surface area contributed by atoms with Gasteiger partial charge in [-0.1, -0.05) is 6.07 Å². The van der Waals surface area contributed by atoms with E-state index in [1.807, 2.05) is 0 Å². The van der Waals surface area contributed by atoms with Crippen LogP contribution in [0, 0.1) is 0 Å². The zero-order valence-corrected chi connectivity index (χ0v) is 14.0. The van der Waals surface area contributed by atoms with Crippen LogP contribution in [0.3, 0.4) is 0 Å². The number of nitrogens with one attached hydrogen (secondary N) is 2. The molecule has 3 heterocycles. The number of fused-ring (bicyclic) bond motifs is 2. The number of hydrogen-bond acceptors (Lipinski definition) is 7. The third-order valence-electron chi connectivity index (χ3n) is 4.37. The van der Waals surface area contributed by atoms with Crippen LogP contribution in [0.1, 0.15) is 42.0 Å². The van der Waals surface area contributed by atoms with E-state index in [9.17, 15) is 19.2 Å². The molecule has 0 atom stereocenters. The molecule has 5 rings (SSSR count). The molecule has 0 spiro atoms. The molecule has 9 heteroatoms. The lowest BCUT2D eigenvalue weighted by Gasteiger charge is -2.00. The first kappa shape index (κ1) is 15.9. The van der Waals surface area contributed by atoms with Crippen molar-refractivity contribution in [2.75, 3.05) is 0 Å². The summed E-state index contributed by atoms with van der Waals surface area (Å²) in [6.45, 7) is 0. The van der Waals surface area contributed by atoms with Crippen molar-refractivity contribution >= 4 is 23.1 Å². The largest absolute Gasteiger partial charge is 0.333 e. The number of carbonyl (C=O) groups excluding carboxylic acids is 4. The average molecular weight is 371 g/mol. The van der Waals surface area contributed by atoms with Crippen molar-refractivity contribution < 1.29 is 19.2 Å². The van der Waals surface area contributed by atoms with E-state index in [1.54, 1.807) is 18.2 Å². The van der Waals surface area contributed by atoms with Gasteiger partial charge in [0.1, 0.15) is 34.2 Å². The van der Waals surface area contributed by atoms with Crippen molar-refractivity contribution in [3.05, 3.63) is 65.3 Å². The molecule has 0 unspecified atom stereocenters. The Labute approximate surface area is 156 Å². The highest BCUT2D eigenvalue weighted by atomic mass is 16.1. The van der Waals surface area contributed by atoms with Crippen LogP contribution in [0.15, 0.2) is 42.5 Å². The molecule has 0 bridgehead atoms. The number of ketones is 4. The van der Waals surface area contributed by atoms with E-state index in [2.05, 4.69) is 24.9 Å². The number of H-pyrrole nitrogens is 2. The SMILES string of the molecule is O=C1C=CC(=O)c2[nH]c(-c3cccc(-c4nc5c([nH]4)C(=O)C=CC5=O)n3)nc21. The van der Waals surface area contributed by atoms with Crippen molar-refractivity contribution in [3.63, 3.8) is 0 Å². The molecule has 0 aromatic carbocycles. The van der Waals surface area contributed by atoms with Gasteiger partial charge in [0.2, 0.25) is 23.1 Å². The van der Waals surface area contributed by atoms with E-state index in [-0.39, 0.29) is 57.6 Å². The van der Waals surface area contributed by atoms with Gasteiger partial charge in [-0.2, -0.15) is 0 Å². The molecule has 2 aliphatic carbocycles. The Balaban J connectivity index is 1.57. The highest BCUT2D eigenvalue weighted by Crippen LogP contribution is 2.24. The Kier molecular flexibility index (Phi) is 3.20. The molecular weight excluding hydrogens is 362 g/mol. The zero-order chi connectivity index (χ0) is 19.4. The van der Waals surface area contributed by atoms with E-state index >= 15 is 0 Å². The smallest absolute Gasteiger partial charge is 0.206 e. The monoisotopic (exact) mass is 371 g/mol. The summed E-state index contributed by atoms with van der Waals surface area (Å²) in [6, 6.07) is 4.98. The maximum Gasteiger partial charge on any atom is 0.206 e. The lowest BCUT2D eigenvalue weighted by molar-refractivity contribution is 0.0989. The summed E-state index contributed by atoms with van der Waals surface area (Å²) in [4.78, 5) is 66.1. The number of pyridine rings is 1. The van der Waals surface area contributed by atoms with Crippen LogP contribution in [0.4, 0.5) is 0 Å². The van der Waals surface area contributed by atoms with Crippen LogP contribution in [-0.2, 0) is 0 Å². The van der Waals surface area contributed by atoms with Gasteiger partial charge in [0.15, 0.2) is 11.6 Å². The van der Waals surface area contributed by atoms with E-state index in [4.69, 9.17) is 0 Å². The molecule has 2 N–H and O–H groups in total. The summed E-state index contributed by atoms with van der Waals surface area (Å²) < 4.78 is 0. The van der Waals surface area contributed by atoms with E-state index in [0.29, 0.717) is 11.4 Å². The van der Waals surface area contributed by atoms with E-state index in [0.717, 1.165) is 0 Å². The highest BCUT2D eigenvalue weighted by molar-refractivity contribution is 6.21. The molecule has 3 aromatic rings. The standard InChI is InChI=1S/C19H9N5O4/c25-10-4-5-11(26)15-14(10)21-18(22-15)8-2-1-3-9(20-8)19-23-16-12(27)6-7-13(28)17(16)24-19/h1-7H,(H,21,22)(H,23,24). The molecule has 3 aromatic heterocycles. The first-order valence-electron chi connectivity index (χ1n) is 8.22. The fourth-order valence-electron chi connectivity index (χ4n) is 3.03. The average Bonchev–Trinajstić information content (AvgIpc) is 3.34. The third-order valence-corrected chi connectivity index (χ3v) is 4.37. The van der Waals surface area contributed by atoms with Gasteiger partial charge < -0.3 is 9.97 Å². The van der Waals surface area contributed by atoms with Gasteiger partial charge in [0.25, 0.3) is 0 Å². The summed E-state index contributed by atoms with van der Waals surface area (Å²) in [5.41, 5.74) is 1.07. The number of allylic oxidation sites excluding steroid dienone is 4. The van der Waals surface area contributed by atoms with Crippen LogP contribution in [0.5, 0.6) is 0 Å². The second-order valence-corrected chi connectivity index (χ2v) is 6.15. The van der Waals surface area contributed by atoms with Crippen molar-refractivity contribution in [1.82, 2.24) is 24.9 Å². The predicted octanol–water partition coefficient (Wildman–Crippen LogP) is 1.73. The van der Waals surface area contributed by atoms with E-state index < -0.39 is 0 Å². The Morgan fingerprint density at radius 1 is 0.571 bits per heavy atom. The minimum absolute atomic E-state index is 0.0467. The Morgan fingerprint density at radius 3 is 1.43 bits per heavy atom. The first-order chi connectivity index (χ1) is 13.5. The van der Waals surface area contributed by atoms with Crippen LogP contribution in [0.25, 0.3) is 23.0 Å². The molecule has 9 nitrogen and oxygen atoms in total. The molecular formula is C19H9N5O4. The van der Waals surface area contributed by atoms with E-state index in [1.165, 1.54) is 24.3 Å². The summed E-state index contributed by atoms with van der Waals surface area (Å²) in [5.74, 6) is -0.904. The number of hydrogen-bond donors (Lipinski definition) is 2. The van der Waals surface area contributed by atoms with Gasteiger partial charge in [-0.05, 0) is 36.4 Å². The molecule has 28 heavy (non-hydrogen) atoms. The molecule has 134 valence electrons. The number of nitrogens with zero attached hydrogens (tertiary/aromatic N) is 3. The molecule has 0 radical (unpaired) electrons. The maximum absolute atomic E-state index is 11.9. The van der Waals surface area contributed by atoms with Crippen LogP contribution < -0.4 is 0 Å². The molecule has 0 aliphatic heterocycles. The fraction of sp³-hybridized carbons (Fsp3) is 0. The number of aromatic nitrogens is 5. The normalized spacial score (nSPS) is 15.1. The quantitative estimate of drug-likeness (QED) is 0.699. The number of carbonyl (C=O) groups is 4. The fourth-order valence-corrected chi connectivity index (χ4v) is 3.03. The minimum Gasteiger partial charge on any atom is -0.333 e. The predicted molar refractivity (Wildman–Crippen MR) is 95.0 cm³/mol. The summed E-state index contributed by atoms with van der Waals surface area (Å²) >= 11 is 0. The van der Waals surface area contributed by atoms with Crippen LogP contribution >= 0.6 is 0 Å². The topological polar surface area (TPSA) is 139 Å². The first-order valence-corrected chi connectivity index (χ1v) is 8.22. The molecule has 0 saturated heterocycles. The second-order valence-electron chi connectivity index (χ2n) is 6.15. The third kappa shape index (κ3) is 2.30. The molecule has 0 fully saturated rings. The molecule has 0 amide bonds. The Bertz CT molecular complexity index is 1120. The zero-order valence-electron chi connectivity index (χ0n) is 14.0. The van der Waals surface area contributed by atoms with Crippen molar-refractivity contribution in [1.29, 1.82) is 0 Å². The highest BCUT2D eigenvalue weighted by Gasteiger charge is 2.26. The lowest BCUT2D eigenvalue weighted by Crippen LogP contribution is -2.10. The van der Waals surface area contributed by atoms with Gasteiger partial charge in [-0.3, -0.25) is 19.2 Å². The number of aromatic amines is 2. The lowest BCUT2D eigenvalue weighted by atomic mass is 10.1. The van der Waals surface area contributed by atoms with Gasteiger partial charge in [0, 0.05) is 0 Å². The Hall–Kier alpha value is -4.27.